The molecular weight excluding hydrogens is 630 g/mol. The molecule has 4 aromatic rings. The standard InChI is InChI=1S/C26H23ClF6N4O5S/c1-5-43(39,40)18-8-13-6-7-15(36-41-12-25(28,29)30)10-16(13)35-21(18)22-19(27)20-17(9-14(11-34-20)26(31,32)33)37(22)23(38)42-24(2,3)4/h6-11,36H,5,12H2,1-4H3. The Bertz CT molecular complexity index is 1830. The van der Waals surface area contributed by atoms with Crippen LogP contribution in [0.15, 0.2) is 41.4 Å². The second-order valence-corrected chi connectivity index (χ2v) is 12.8. The van der Waals surface area contributed by atoms with E-state index >= 15 is 0 Å². The lowest BCUT2D eigenvalue weighted by atomic mass is 10.1. The average Bonchev–Trinajstić information content (AvgIpc) is 3.17. The van der Waals surface area contributed by atoms with Crippen molar-refractivity contribution in [3.05, 3.63) is 47.1 Å². The van der Waals surface area contributed by atoms with Crippen LogP contribution in [0.4, 0.5) is 36.8 Å². The van der Waals surface area contributed by atoms with E-state index in [9.17, 15) is 39.6 Å². The molecule has 0 bridgehead atoms. The highest BCUT2D eigenvalue weighted by molar-refractivity contribution is 7.91. The molecule has 232 valence electrons. The summed E-state index contributed by atoms with van der Waals surface area (Å²) >= 11 is 6.59. The Hall–Kier alpha value is -3.63. The number of ether oxygens (including phenoxy) is 1. The van der Waals surface area contributed by atoms with Gasteiger partial charge in [-0.1, -0.05) is 24.6 Å². The molecule has 0 amide bonds. The summed E-state index contributed by atoms with van der Waals surface area (Å²) in [6.07, 6.45) is -10.2. The maximum Gasteiger partial charge on any atom is 0.419 e. The number of aromatic nitrogens is 3. The molecule has 0 spiro atoms. The number of anilines is 1. The number of pyridine rings is 2. The molecule has 0 atom stereocenters. The zero-order chi connectivity index (χ0) is 32.1. The number of nitrogens with one attached hydrogen (secondary N) is 1. The van der Waals surface area contributed by atoms with E-state index in [0.29, 0.717) is 16.8 Å². The largest absolute Gasteiger partial charge is 0.443 e. The van der Waals surface area contributed by atoms with E-state index < -0.39 is 78.6 Å². The summed E-state index contributed by atoms with van der Waals surface area (Å²) in [6, 6.07) is 5.75. The van der Waals surface area contributed by atoms with Crippen molar-refractivity contribution in [1.82, 2.24) is 14.5 Å². The van der Waals surface area contributed by atoms with Crippen molar-refractivity contribution in [1.29, 1.82) is 0 Å². The van der Waals surface area contributed by atoms with E-state index in [0.717, 1.165) is 0 Å². The number of halogens is 7. The molecule has 0 saturated carbocycles. The number of carbonyl (C=O) groups is 1. The molecule has 0 unspecified atom stereocenters. The van der Waals surface area contributed by atoms with Gasteiger partial charge in [0.2, 0.25) is 0 Å². The summed E-state index contributed by atoms with van der Waals surface area (Å²) < 4.78 is 111. The van der Waals surface area contributed by atoms with Crippen LogP contribution in [0.1, 0.15) is 33.3 Å². The van der Waals surface area contributed by atoms with Gasteiger partial charge >= 0.3 is 18.4 Å². The third-order valence-electron chi connectivity index (χ3n) is 5.80. The number of benzene rings is 1. The van der Waals surface area contributed by atoms with E-state index in [-0.39, 0.29) is 22.1 Å². The molecule has 0 aliphatic heterocycles. The molecule has 0 radical (unpaired) electrons. The number of hydrogen-bond donors (Lipinski definition) is 1. The monoisotopic (exact) mass is 652 g/mol. The minimum absolute atomic E-state index is 0.0107. The molecular formula is C26H23ClF6N4O5S. The Morgan fingerprint density at radius 2 is 1.74 bits per heavy atom. The van der Waals surface area contributed by atoms with Crippen molar-refractivity contribution in [3.8, 4) is 11.4 Å². The first-order valence-electron chi connectivity index (χ1n) is 12.3. The molecule has 0 fully saturated rings. The van der Waals surface area contributed by atoms with Gasteiger partial charge in [-0.2, -0.15) is 26.3 Å². The van der Waals surface area contributed by atoms with Crippen molar-refractivity contribution in [2.45, 2.75) is 50.5 Å². The Morgan fingerprint density at radius 3 is 2.33 bits per heavy atom. The van der Waals surface area contributed by atoms with Crippen molar-refractivity contribution in [2.24, 2.45) is 0 Å². The highest BCUT2D eigenvalue weighted by Crippen LogP contribution is 2.42. The van der Waals surface area contributed by atoms with Crippen LogP contribution >= 0.6 is 11.6 Å². The van der Waals surface area contributed by atoms with E-state index in [2.05, 4.69) is 20.3 Å². The zero-order valence-corrected chi connectivity index (χ0v) is 24.4. The Morgan fingerprint density at radius 1 is 1.07 bits per heavy atom. The number of hydrogen-bond acceptors (Lipinski definition) is 8. The smallest absolute Gasteiger partial charge is 0.419 e. The van der Waals surface area contributed by atoms with Crippen LogP contribution in [0, 0.1) is 0 Å². The summed E-state index contributed by atoms with van der Waals surface area (Å²) in [4.78, 5) is 25.7. The minimum atomic E-state index is -4.85. The molecule has 0 aliphatic carbocycles. The molecule has 4 rings (SSSR count). The van der Waals surface area contributed by atoms with Gasteiger partial charge in [-0.15, -0.1) is 0 Å². The summed E-state index contributed by atoms with van der Waals surface area (Å²) in [5, 5.41) is -0.164. The number of alkyl halides is 6. The molecule has 3 heterocycles. The van der Waals surface area contributed by atoms with Crippen molar-refractivity contribution >= 4 is 55.2 Å². The van der Waals surface area contributed by atoms with E-state index in [4.69, 9.17) is 16.3 Å². The maximum absolute atomic E-state index is 13.6. The van der Waals surface area contributed by atoms with Gasteiger partial charge in [-0.05, 0) is 45.0 Å². The Labute approximate surface area is 245 Å². The Kier molecular flexibility index (Phi) is 8.36. The summed E-state index contributed by atoms with van der Waals surface area (Å²) in [5.41, 5.74) is -1.75. The van der Waals surface area contributed by atoms with Crippen LogP contribution in [0.25, 0.3) is 33.3 Å². The fourth-order valence-electron chi connectivity index (χ4n) is 3.96. The predicted octanol–water partition coefficient (Wildman–Crippen LogP) is 7.41. The number of rotatable bonds is 6. The highest BCUT2D eigenvalue weighted by atomic mass is 35.5. The third kappa shape index (κ3) is 6.96. The molecule has 1 N–H and O–H groups in total. The molecule has 0 saturated heterocycles. The summed E-state index contributed by atoms with van der Waals surface area (Å²) in [6.45, 7) is 4.25. The molecule has 3 aromatic heterocycles. The molecule has 9 nitrogen and oxygen atoms in total. The van der Waals surface area contributed by atoms with Gasteiger partial charge in [-0.3, -0.25) is 15.3 Å². The molecule has 1 aromatic carbocycles. The maximum atomic E-state index is 13.6. The van der Waals surface area contributed by atoms with E-state index in [1.54, 1.807) is 0 Å². The third-order valence-corrected chi connectivity index (χ3v) is 7.90. The lowest BCUT2D eigenvalue weighted by Crippen LogP contribution is -2.27. The van der Waals surface area contributed by atoms with E-state index in [1.165, 1.54) is 52.0 Å². The van der Waals surface area contributed by atoms with Gasteiger partial charge in [0.15, 0.2) is 16.4 Å². The fourth-order valence-corrected chi connectivity index (χ4v) is 5.33. The highest BCUT2D eigenvalue weighted by Gasteiger charge is 2.35. The lowest BCUT2D eigenvalue weighted by molar-refractivity contribution is -0.167. The van der Waals surface area contributed by atoms with Gasteiger partial charge in [0.05, 0.1) is 38.0 Å². The van der Waals surface area contributed by atoms with Crippen LogP contribution in [0.3, 0.4) is 0 Å². The van der Waals surface area contributed by atoms with Crippen molar-refractivity contribution < 1.29 is 49.1 Å². The number of fused-ring (bicyclic) bond motifs is 2. The second-order valence-electron chi connectivity index (χ2n) is 10.2. The molecule has 0 aliphatic rings. The Balaban J connectivity index is 2.05. The lowest BCUT2D eigenvalue weighted by Gasteiger charge is -2.21. The SMILES string of the molecule is CCS(=O)(=O)c1cc2ccc(NOCC(F)(F)F)cc2nc1-c1c(Cl)c2ncc(C(F)(F)F)cc2n1C(=O)OC(C)(C)C. The first-order chi connectivity index (χ1) is 19.7. The quantitative estimate of drug-likeness (QED) is 0.169. The van der Waals surface area contributed by atoms with Gasteiger partial charge in [0, 0.05) is 11.6 Å². The normalized spacial score (nSPS) is 13.1. The van der Waals surface area contributed by atoms with Crippen molar-refractivity contribution in [3.63, 3.8) is 0 Å². The van der Waals surface area contributed by atoms with Crippen LogP contribution in [-0.4, -0.2) is 53.2 Å². The predicted molar refractivity (Wildman–Crippen MR) is 145 cm³/mol. The van der Waals surface area contributed by atoms with Crippen LogP contribution in [0.5, 0.6) is 0 Å². The molecule has 43 heavy (non-hydrogen) atoms. The fraction of sp³-hybridized carbons (Fsp3) is 0.346. The van der Waals surface area contributed by atoms with Gasteiger partial charge in [-0.25, -0.2) is 22.8 Å². The number of nitrogens with zero attached hydrogens (tertiary/aromatic N) is 3. The van der Waals surface area contributed by atoms with Crippen molar-refractivity contribution in [2.75, 3.05) is 17.8 Å². The number of sulfone groups is 1. The number of carbonyl (C=O) groups excluding carboxylic acids is 1. The first kappa shape index (κ1) is 32.3. The first-order valence-corrected chi connectivity index (χ1v) is 14.4. The van der Waals surface area contributed by atoms with Crippen LogP contribution in [0.2, 0.25) is 5.02 Å². The van der Waals surface area contributed by atoms with Crippen LogP contribution in [-0.2, 0) is 25.6 Å². The summed E-state index contributed by atoms with van der Waals surface area (Å²) in [7, 11) is -4.12. The minimum Gasteiger partial charge on any atom is -0.443 e. The average molecular weight is 653 g/mol. The van der Waals surface area contributed by atoms with Gasteiger partial charge in [0.25, 0.3) is 0 Å². The summed E-state index contributed by atoms with van der Waals surface area (Å²) in [5.74, 6) is -0.432. The second kappa shape index (κ2) is 11.1. The molecule has 17 heteroatoms. The zero-order valence-electron chi connectivity index (χ0n) is 22.8. The van der Waals surface area contributed by atoms with Crippen LogP contribution < -0.4 is 5.48 Å². The van der Waals surface area contributed by atoms with Gasteiger partial charge in [0.1, 0.15) is 22.5 Å². The van der Waals surface area contributed by atoms with E-state index in [1.807, 2.05) is 0 Å². The van der Waals surface area contributed by atoms with Gasteiger partial charge < -0.3 is 4.74 Å². The topological polar surface area (TPSA) is 112 Å².